The number of phenols is 1. The minimum absolute atomic E-state index is 0.000595. The van der Waals surface area contributed by atoms with Crippen molar-refractivity contribution in [1.82, 2.24) is 5.32 Å². The van der Waals surface area contributed by atoms with E-state index in [1.807, 2.05) is 19.9 Å². The maximum Gasteiger partial charge on any atom is 0.326 e. The lowest BCUT2D eigenvalue weighted by molar-refractivity contribution is -0.142. The van der Waals surface area contributed by atoms with Crippen molar-refractivity contribution in [3.8, 4) is 22.8 Å². The molecule has 8 nitrogen and oxygen atoms in total. The Hall–Kier alpha value is -3.81. The Morgan fingerprint density at radius 2 is 1.84 bits per heavy atom. The van der Waals surface area contributed by atoms with Gasteiger partial charge in [0.15, 0.2) is 12.0 Å². The number of nitrogens with one attached hydrogen (secondary N) is 1. The molecule has 3 rings (SSSR count). The number of aliphatic carboxylic acids is 1. The van der Waals surface area contributed by atoms with Crippen LogP contribution in [0.2, 0.25) is 0 Å². The van der Waals surface area contributed by atoms with Gasteiger partial charge in [0.2, 0.25) is 0 Å². The Labute approximate surface area is 178 Å². The molecule has 0 bridgehead atoms. The normalized spacial score (nSPS) is 12.0. The van der Waals surface area contributed by atoms with E-state index in [1.165, 1.54) is 18.2 Å². The highest BCUT2D eigenvalue weighted by atomic mass is 16.5. The first-order valence-electron chi connectivity index (χ1n) is 9.76. The van der Waals surface area contributed by atoms with Gasteiger partial charge in [-0.05, 0) is 12.3 Å². The van der Waals surface area contributed by atoms with E-state index in [0.717, 1.165) is 0 Å². The molecule has 31 heavy (non-hydrogen) atoms. The van der Waals surface area contributed by atoms with Crippen LogP contribution in [-0.2, 0) is 9.59 Å². The molecule has 1 heterocycles. The van der Waals surface area contributed by atoms with Crippen LogP contribution in [0.1, 0.15) is 20.3 Å². The van der Waals surface area contributed by atoms with E-state index in [0.29, 0.717) is 11.3 Å². The van der Waals surface area contributed by atoms with Crippen LogP contribution in [0.4, 0.5) is 0 Å². The van der Waals surface area contributed by atoms with Crippen LogP contribution in [0.5, 0.6) is 11.5 Å². The molecule has 162 valence electrons. The largest absolute Gasteiger partial charge is 0.507 e. The number of phenolic OH excluding ortho intramolecular Hbond substituents is 1. The summed E-state index contributed by atoms with van der Waals surface area (Å²) in [6.07, 6.45) is 0.283. The Morgan fingerprint density at radius 1 is 1.13 bits per heavy atom. The number of carbonyl (C=O) groups is 2. The van der Waals surface area contributed by atoms with Crippen molar-refractivity contribution in [2.75, 3.05) is 6.61 Å². The molecule has 0 aliphatic carbocycles. The van der Waals surface area contributed by atoms with Gasteiger partial charge >= 0.3 is 5.97 Å². The number of carboxylic acid groups (broad SMARTS) is 1. The van der Waals surface area contributed by atoms with E-state index in [2.05, 4.69) is 5.32 Å². The van der Waals surface area contributed by atoms with E-state index >= 15 is 0 Å². The lowest BCUT2D eigenvalue weighted by atomic mass is 10.0. The van der Waals surface area contributed by atoms with Gasteiger partial charge in [0.1, 0.15) is 34.3 Å². The van der Waals surface area contributed by atoms with Crippen molar-refractivity contribution >= 4 is 22.8 Å². The number of ether oxygens (including phenoxy) is 1. The number of carbonyl (C=O) groups excluding carboxylic acids is 1. The number of fused-ring (bicyclic) bond motifs is 1. The van der Waals surface area contributed by atoms with Crippen LogP contribution in [0.3, 0.4) is 0 Å². The van der Waals surface area contributed by atoms with Crippen molar-refractivity contribution < 1.29 is 29.0 Å². The Balaban J connectivity index is 1.80. The van der Waals surface area contributed by atoms with E-state index < -0.39 is 30.0 Å². The summed E-state index contributed by atoms with van der Waals surface area (Å²) in [6, 6.07) is 11.9. The van der Waals surface area contributed by atoms with Crippen LogP contribution in [0.25, 0.3) is 22.3 Å². The third-order valence-electron chi connectivity index (χ3n) is 4.55. The minimum Gasteiger partial charge on any atom is -0.507 e. The van der Waals surface area contributed by atoms with Gasteiger partial charge in [-0.25, -0.2) is 4.79 Å². The number of rotatable bonds is 8. The molecule has 0 radical (unpaired) electrons. The Bertz CT molecular complexity index is 1150. The molecular formula is C23H23NO7. The van der Waals surface area contributed by atoms with Gasteiger partial charge in [0.25, 0.3) is 5.91 Å². The maximum atomic E-state index is 12.5. The number of carboxylic acids is 1. The second-order valence-electron chi connectivity index (χ2n) is 7.53. The van der Waals surface area contributed by atoms with Crippen LogP contribution in [0, 0.1) is 5.92 Å². The maximum absolute atomic E-state index is 12.5. The van der Waals surface area contributed by atoms with Gasteiger partial charge in [-0.15, -0.1) is 0 Å². The molecular weight excluding hydrogens is 402 g/mol. The average Bonchev–Trinajstić information content (AvgIpc) is 2.71. The molecule has 0 aliphatic rings. The molecule has 8 heteroatoms. The summed E-state index contributed by atoms with van der Waals surface area (Å²) in [7, 11) is 0. The van der Waals surface area contributed by atoms with E-state index in [4.69, 9.17) is 9.15 Å². The van der Waals surface area contributed by atoms with Gasteiger partial charge in [0, 0.05) is 23.8 Å². The summed E-state index contributed by atoms with van der Waals surface area (Å²) in [6.45, 7) is 3.25. The van der Waals surface area contributed by atoms with Crippen molar-refractivity contribution in [3.05, 3.63) is 58.8 Å². The molecule has 0 saturated carbocycles. The van der Waals surface area contributed by atoms with Crippen molar-refractivity contribution in [1.29, 1.82) is 0 Å². The second-order valence-corrected chi connectivity index (χ2v) is 7.53. The zero-order valence-corrected chi connectivity index (χ0v) is 17.1. The summed E-state index contributed by atoms with van der Waals surface area (Å²) in [4.78, 5) is 35.9. The highest BCUT2D eigenvalue weighted by Crippen LogP contribution is 2.31. The smallest absolute Gasteiger partial charge is 0.326 e. The summed E-state index contributed by atoms with van der Waals surface area (Å²) >= 11 is 0. The standard InChI is InChI=1S/C23H23NO7/c1-13(2)8-16(23(28)29)24-21(27)12-30-15-9-17(25)22-18(26)11-19(31-20(22)10-15)14-6-4-3-5-7-14/h3-7,9-11,13,16,25H,8,12H2,1-2H3,(H,24,27)(H,28,29). The number of aromatic hydroxyl groups is 1. The molecule has 3 aromatic rings. The monoisotopic (exact) mass is 425 g/mol. The van der Waals surface area contributed by atoms with Gasteiger partial charge in [-0.1, -0.05) is 44.2 Å². The first kappa shape index (κ1) is 21.9. The lowest BCUT2D eigenvalue weighted by Gasteiger charge is -2.16. The minimum atomic E-state index is -1.12. The van der Waals surface area contributed by atoms with Crippen molar-refractivity contribution in [3.63, 3.8) is 0 Å². The molecule has 0 spiro atoms. The molecule has 1 amide bonds. The van der Waals surface area contributed by atoms with E-state index in [1.54, 1.807) is 24.3 Å². The summed E-state index contributed by atoms with van der Waals surface area (Å²) in [5, 5.41) is 21.9. The number of amides is 1. The van der Waals surface area contributed by atoms with Crippen LogP contribution in [0.15, 0.2) is 57.7 Å². The fraction of sp³-hybridized carbons (Fsp3) is 0.261. The van der Waals surface area contributed by atoms with E-state index in [9.17, 15) is 24.6 Å². The fourth-order valence-corrected chi connectivity index (χ4v) is 3.15. The molecule has 1 atom stereocenters. The summed E-state index contributed by atoms with van der Waals surface area (Å²) in [5.41, 5.74) is 0.376. The van der Waals surface area contributed by atoms with Gasteiger partial charge in [-0.3, -0.25) is 9.59 Å². The third-order valence-corrected chi connectivity index (χ3v) is 4.55. The predicted molar refractivity (Wildman–Crippen MR) is 114 cm³/mol. The molecule has 0 saturated heterocycles. The third kappa shape index (κ3) is 5.42. The highest BCUT2D eigenvalue weighted by Gasteiger charge is 2.21. The second kappa shape index (κ2) is 9.34. The predicted octanol–water partition coefficient (Wildman–Crippen LogP) is 3.16. The Kier molecular flexibility index (Phi) is 6.59. The van der Waals surface area contributed by atoms with Crippen LogP contribution >= 0.6 is 0 Å². The molecule has 0 aliphatic heterocycles. The molecule has 2 aromatic carbocycles. The van der Waals surface area contributed by atoms with Crippen molar-refractivity contribution in [2.24, 2.45) is 5.92 Å². The number of benzene rings is 2. The Morgan fingerprint density at radius 3 is 2.48 bits per heavy atom. The molecule has 1 aromatic heterocycles. The first-order chi connectivity index (χ1) is 14.7. The molecule has 3 N–H and O–H groups in total. The summed E-state index contributed by atoms with van der Waals surface area (Å²) < 4.78 is 11.2. The molecule has 1 unspecified atom stereocenters. The number of hydrogen-bond acceptors (Lipinski definition) is 6. The highest BCUT2D eigenvalue weighted by molar-refractivity contribution is 5.87. The zero-order chi connectivity index (χ0) is 22.5. The molecule has 0 fully saturated rings. The number of hydrogen-bond donors (Lipinski definition) is 3. The average molecular weight is 425 g/mol. The topological polar surface area (TPSA) is 126 Å². The van der Waals surface area contributed by atoms with Crippen molar-refractivity contribution in [2.45, 2.75) is 26.3 Å². The van der Waals surface area contributed by atoms with Gasteiger partial charge in [-0.2, -0.15) is 0 Å². The lowest BCUT2D eigenvalue weighted by Crippen LogP contribution is -2.43. The zero-order valence-electron chi connectivity index (χ0n) is 17.1. The fourth-order valence-electron chi connectivity index (χ4n) is 3.15. The SMILES string of the molecule is CC(C)CC(NC(=O)COc1cc(O)c2c(=O)cc(-c3ccccc3)oc2c1)C(=O)O. The summed E-state index contributed by atoms with van der Waals surface area (Å²) in [5.74, 6) is -1.58. The quantitative estimate of drug-likeness (QED) is 0.506. The van der Waals surface area contributed by atoms with E-state index in [-0.39, 0.29) is 34.8 Å². The van der Waals surface area contributed by atoms with Crippen LogP contribution in [-0.4, -0.2) is 34.7 Å². The van der Waals surface area contributed by atoms with Gasteiger partial charge < -0.3 is 24.7 Å². The van der Waals surface area contributed by atoms with Crippen LogP contribution < -0.4 is 15.5 Å². The van der Waals surface area contributed by atoms with Gasteiger partial charge in [0.05, 0.1) is 0 Å². The first-order valence-corrected chi connectivity index (χ1v) is 9.76.